The smallest absolute Gasteiger partial charge is 0.350 e. The van der Waals surface area contributed by atoms with E-state index in [1.807, 2.05) is 30.3 Å². The SMILES string of the molecule is CCOC(=O)/C(C#N)=C\Nc1ccc(Oc2ccccc2)cc1. The predicted molar refractivity (Wildman–Crippen MR) is 86.9 cm³/mol. The second-order valence-corrected chi connectivity index (χ2v) is 4.47. The van der Waals surface area contributed by atoms with E-state index in [0.717, 1.165) is 11.4 Å². The summed E-state index contributed by atoms with van der Waals surface area (Å²) in [6.45, 7) is 1.91. The van der Waals surface area contributed by atoms with Gasteiger partial charge in [0, 0.05) is 11.9 Å². The summed E-state index contributed by atoms with van der Waals surface area (Å²) >= 11 is 0. The maximum atomic E-state index is 11.5. The van der Waals surface area contributed by atoms with Crippen molar-refractivity contribution in [2.75, 3.05) is 11.9 Å². The molecular formula is C18H16N2O3. The van der Waals surface area contributed by atoms with Crippen molar-refractivity contribution in [3.8, 4) is 17.6 Å². The van der Waals surface area contributed by atoms with Gasteiger partial charge in [0.05, 0.1) is 6.61 Å². The van der Waals surface area contributed by atoms with Crippen molar-refractivity contribution in [3.05, 3.63) is 66.4 Å². The highest BCUT2D eigenvalue weighted by molar-refractivity contribution is 5.93. The van der Waals surface area contributed by atoms with Gasteiger partial charge in [-0.2, -0.15) is 5.26 Å². The van der Waals surface area contributed by atoms with Crippen molar-refractivity contribution in [1.29, 1.82) is 5.26 Å². The molecule has 0 aromatic heterocycles. The second kappa shape index (κ2) is 8.25. The van der Waals surface area contributed by atoms with Crippen LogP contribution in [0, 0.1) is 11.3 Å². The van der Waals surface area contributed by atoms with E-state index in [1.54, 1.807) is 37.3 Å². The van der Waals surface area contributed by atoms with E-state index in [-0.39, 0.29) is 12.2 Å². The lowest BCUT2D eigenvalue weighted by Gasteiger charge is -2.07. The molecule has 0 radical (unpaired) electrons. The van der Waals surface area contributed by atoms with E-state index in [2.05, 4.69) is 5.32 Å². The van der Waals surface area contributed by atoms with Crippen LogP contribution < -0.4 is 10.1 Å². The van der Waals surface area contributed by atoms with Crippen molar-refractivity contribution in [1.82, 2.24) is 0 Å². The Morgan fingerprint density at radius 2 is 1.78 bits per heavy atom. The van der Waals surface area contributed by atoms with Crippen molar-refractivity contribution in [3.63, 3.8) is 0 Å². The van der Waals surface area contributed by atoms with Gasteiger partial charge in [-0.1, -0.05) is 18.2 Å². The van der Waals surface area contributed by atoms with Crippen molar-refractivity contribution < 1.29 is 14.3 Å². The van der Waals surface area contributed by atoms with Gasteiger partial charge >= 0.3 is 5.97 Å². The van der Waals surface area contributed by atoms with E-state index < -0.39 is 5.97 Å². The van der Waals surface area contributed by atoms with Crippen molar-refractivity contribution in [2.24, 2.45) is 0 Å². The lowest BCUT2D eigenvalue weighted by molar-refractivity contribution is -0.138. The van der Waals surface area contributed by atoms with Crippen molar-refractivity contribution >= 4 is 11.7 Å². The van der Waals surface area contributed by atoms with Crippen LogP contribution >= 0.6 is 0 Å². The molecule has 0 spiro atoms. The Morgan fingerprint density at radius 3 is 2.39 bits per heavy atom. The quantitative estimate of drug-likeness (QED) is 0.498. The van der Waals surface area contributed by atoms with Crippen LogP contribution in [0.1, 0.15) is 6.92 Å². The molecule has 0 unspecified atom stereocenters. The highest BCUT2D eigenvalue weighted by atomic mass is 16.5. The molecule has 1 N–H and O–H groups in total. The lowest BCUT2D eigenvalue weighted by atomic mass is 10.3. The molecule has 0 aliphatic carbocycles. The fourth-order valence-electron chi connectivity index (χ4n) is 1.75. The molecule has 0 atom stereocenters. The van der Waals surface area contributed by atoms with Gasteiger partial charge in [-0.15, -0.1) is 0 Å². The van der Waals surface area contributed by atoms with Gasteiger partial charge in [-0.3, -0.25) is 0 Å². The number of carbonyl (C=O) groups is 1. The Labute approximate surface area is 134 Å². The van der Waals surface area contributed by atoms with Gasteiger partial charge in [-0.05, 0) is 43.3 Å². The minimum Gasteiger partial charge on any atom is -0.462 e. The number of benzene rings is 2. The number of rotatable bonds is 6. The first kappa shape index (κ1) is 16.1. The fraction of sp³-hybridized carbons (Fsp3) is 0.111. The zero-order chi connectivity index (χ0) is 16.5. The number of nitrogens with one attached hydrogen (secondary N) is 1. The van der Waals surface area contributed by atoms with Gasteiger partial charge in [0.25, 0.3) is 0 Å². The number of hydrogen-bond donors (Lipinski definition) is 1. The van der Waals surface area contributed by atoms with E-state index in [4.69, 9.17) is 14.7 Å². The summed E-state index contributed by atoms with van der Waals surface area (Å²) < 4.78 is 10.5. The largest absolute Gasteiger partial charge is 0.462 e. The maximum absolute atomic E-state index is 11.5. The Hall–Kier alpha value is -3.26. The highest BCUT2D eigenvalue weighted by Crippen LogP contribution is 2.22. The fourth-order valence-corrected chi connectivity index (χ4v) is 1.75. The summed E-state index contributed by atoms with van der Waals surface area (Å²) in [4.78, 5) is 11.5. The monoisotopic (exact) mass is 308 g/mol. The third-order valence-corrected chi connectivity index (χ3v) is 2.83. The Kier molecular flexibility index (Phi) is 5.78. The minimum atomic E-state index is -0.647. The Balaban J connectivity index is 2.00. The number of nitrogens with zero attached hydrogens (tertiary/aromatic N) is 1. The van der Waals surface area contributed by atoms with Crippen LogP contribution in [0.15, 0.2) is 66.4 Å². The topological polar surface area (TPSA) is 71.4 Å². The van der Waals surface area contributed by atoms with E-state index in [1.165, 1.54) is 6.20 Å². The average Bonchev–Trinajstić information content (AvgIpc) is 2.58. The summed E-state index contributed by atoms with van der Waals surface area (Å²) in [5.41, 5.74) is 0.638. The zero-order valence-electron chi connectivity index (χ0n) is 12.7. The zero-order valence-corrected chi connectivity index (χ0v) is 12.7. The number of para-hydroxylation sites is 1. The third kappa shape index (κ3) is 4.90. The summed E-state index contributed by atoms with van der Waals surface area (Å²) in [6.07, 6.45) is 1.32. The Morgan fingerprint density at radius 1 is 1.13 bits per heavy atom. The van der Waals surface area contributed by atoms with Crippen molar-refractivity contribution in [2.45, 2.75) is 6.92 Å². The lowest BCUT2D eigenvalue weighted by Crippen LogP contribution is -2.07. The molecule has 0 saturated carbocycles. The minimum absolute atomic E-state index is 0.0866. The third-order valence-electron chi connectivity index (χ3n) is 2.83. The Bertz CT molecular complexity index is 716. The summed E-state index contributed by atoms with van der Waals surface area (Å²) in [7, 11) is 0. The highest BCUT2D eigenvalue weighted by Gasteiger charge is 2.09. The molecule has 0 aliphatic heterocycles. The van der Waals surface area contributed by atoms with Crippen LogP contribution in [0.5, 0.6) is 11.5 Å². The predicted octanol–water partition coefficient (Wildman–Crippen LogP) is 3.86. The van der Waals surface area contributed by atoms with Crippen LogP contribution in [0.4, 0.5) is 5.69 Å². The summed E-state index contributed by atoms with van der Waals surface area (Å²) in [5.74, 6) is 0.797. The summed E-state index contributed by atoms with van der Waals surface area (Å²) in [5, 5.41) is 11.8. The molecule has 0 heterocycles. The molecule has 116 valence electrons. The van der Waals surface area contributed by atoms with Crippen LogP contribution in [-0.2, 0) is 9.53 Å². The standard InChI is InChI=1S/C18H16N2O3/c1-2-22-18(21)14(12-19)13-20-15-8-10-17(11-9-15)23-16-6-4-3-5-7-16/h3-11,13,20H,2H2,1H3/b14-13-. The van der Waals surface area contributed by atoms with Crippen LogP contribution in [0.25, 0.3) is 0 Å². The van der Waals surface area contributed by atoms with Crippen LogP contribution in [0.3, 0.4) is 0 Å². The molecule has 0 fully saturated rings. The number of ether oxygens (including phenoxy) is 2. The van der Waals surface area contributed by atoms with E-state index in [9.17, 15) is 4.79 Å². The molecule has 2 aromatic carbocycles. The molecule has 23 heavy (non-hydrogen) atoms. The summed E-state index contributed by atoms with van der Waals surface area (Å²) in [6, 6.07) is 18.4. The van der Waals surface area contributed by atoms with Crippen LogP contribution in [0.2, 0.25) is 0 Å². The maximum Gasteiger partial charge on any atom is 0.350 e. The molecule has 0 bridgehead atoms. The molecule has 2 aromatic rings. The number of esters is 1. The molecule has 5 heteroatoms. The molecule has 5 nitrogen and oxygen atoms in total. The number of carbonyl (C=O) groups excluding carboxylic acids is 1. The molecule has 0 saturated heterocycles. The van der Waals surface area contributed by atoms with Gasteiger partial charge in [0.15, 0.2) is 5.57 Å². The van der Waals surface area contributed by atoms with Gasteiger partial charge in [0.1, 0.15) is 17.6 Å². The molecule has 0 aliphatic rings. The van der Waals surface area contributed by atoms with E-state index in [0.29, 0.717) is 5.75 Å². The molecule has 2 rings (SSSR count). The average molecular weight is 308 g/mol. The second-order valence-electron chi connectivity index (χ2n) is 4.47. The van der Waals surface area contributed by atoms with Gasteiger partial charge < -0.3 is 14.8 Å². The van der Waals surface area contributed by atoms with Gasteiger partial charge in [0.2, 0.25) is 0 Å². The van der Waals surface area contributed by atoms with E-state index >= 15 is 0 Å². The number of anilines is 1. The normalized spacial score (nSPS) is 10.5. The first-order chi connectivity index (χ1) is 11.2. The van der Waals surface area contributed by atoms with Gasteiger partial charge in [-0.25, -0.2) is 4.79 Å². The molecule has 0 amide bonds. The number of hydrogen-bond acceptors (Lipinski definition) is 5. The van der Waals surface area contributed by atoms with Crippen LogP contribution in [-0.4, -0.2) is 12.6 Å². The first-order valence-electron chi connectivity index (χ1n) is 7.10. The first-order valence-corrected chi connectivity index (χ1v) is 7.10. The molecular weight excluding hydrogens is 292 g/mol. The number of nitriles is 1.